The topological polar surface area (TPSA) is 92.8 Å². The standard InChI is InChI=1S/C19H20N2O5/c1-10-2-3-11(8-10)26-12-4-5-13-14(9-12)19(25)21(18(13)24)15-6-7-16(22)20-17(15)23/h4-5,9-11,15H,2-3,6-8H2,1H3,(H,20,22,23)/t10-,11+,15?/m1/s1. The Morgan fingerprint density at radius 2 is 1.81 bits per heavy atom. The molecule has 136 valence electrons. The van der Waals surface area contributed by atoms with Crippen LogP contribution >= 0.6 is 0 Å². The molecule has 2 aliphatic heterocycles. The van der Waals surface area contributed by atoms with E-state index < -0.39 is 23.8 Å². The molecule has 2 fully saturated rings. The molecule has 4 rings (SSSR count). The minimum absolute atomic E-state index is 0.109. The second-order valence-corrected chi connectivity index (χ2v) is 7.31. The molecule has 3 atom stereocenters. The number of piperidine rings is 1. The van der Waals surface area contributed by atoms with E-state index in [9.17, 15) is 19.2 Å². The Morgan fingerprint density at radius 3 is 2.50 bits per heavy atom. The number of rotatable bonds is 3. The fraction of sp³-hybridized carbons (Fsp3) is 0.474. The highest BCUT2D eigenvalue weighted by molar-refractivity contribution is 6.23. The number of ether oxygens (including phenoxy) is 1. The van der Waals surface area contributed by atoms with Crippen LogP contribution in [0.4, 0.5) is 0 Å². The summed E-state index contributed by atoms with van der Waals surface area (Å²) in [6.45, 7) is 2.19. The zero-order valence-corrected chi connectivity index (χ0v) is 14.5. The molecule has 1 aromatic rings. The maximum atomic E-state index is 12.8. The number of nitrogens with zero attached hydrogens (tertiary/aromatic N) is 1. The molecule has 0 spiro atoms. The molecular weight excluding hydrogens is 336 g/mol. The lowest BCUT2D eigenvalue weighted by atomic mass is 10.0. The largest absolute Gasteiger partial charge is 0.490 e. The molecule has 0 aromatic heterocycles. The van der Waals surface area contributed by atoms with Crippen molar-refractivity contribution in [3.05, 3.63) is 29.3 Å². The van der Waals surface area contributed by atoms with Gasteiger partial charge >= 0.3 is 0 Å². The van der Waals surface area contributed by atoms with E-state index in [-0.39, 0.29) is 36.0 Å². The molecule has 0 bridgehead atoms. The lowest BCUT2D eigenvalue weighted by Crippen LogP contribution is -2.54. The van der Waals surface area contributed by atoms with Crippen molar-refractivity contribution in [2.24, 2.45) is 5.92 Å². The minimum atomic E-state index is -0.944. The first kappa shape index (κ1) is 16.8. The van der Waals surface area contributed by atoms with Crippen LogP contribution in [0.15, 0.2) is 18.2 Å². The molecule has 1 aliphatic carbocycles. The SMILES string of the molecule is C[C@@H]1CC[C@H](Oc2ccc3c(c2)C(=O)N(C2CCC(=O)NC2=O)C3=O)C1. The van der Waals surface area contributed by atoms with Crippen molar-refractivity contribution in [1.82, 2.24) is 10.2 Å². The Balaban J connectivity index is 1.56. The quantitative estimate of drug-likeness (QED) is 0.832. The average molecular weight is 356 g/mol. The molecule has 7 nitrogen and oxygen atoms in total. The normalized spacial score (nSPS) is 28.3. The van der Waals surface area contributed by atoms with Gasteiger partial charge in [-0.1, -0.05) is 6.92 Å². The molecule has 3 aliphatic rings. The van der Waals surface area contributed by atoms with Gasteiger partial charge in [-0.15, -0.1) is 0 Å². The Morgan fingerprint density at radius 1 is 1.04 bits per heavy atom. The number of amides is 4. The van der Waals surface area contributed by atoms with Crippen molar-refractivity contribution in [3.8, 4) is 5.75 Å². The summed E-state index contributed by atoms with van der Waals surface area (Å²) in [7, 11) is 0. The van der Waals surface area contributed by atoms with Crippen molar-refractivity contribution in [3.63, 3.8) is 0 Å². The fourth-order valence-corrected chi connectivity index (χ4v) is 3.98. The van der Waals surface area contributed by atoms with Crippen LogP contribution in [0.5, 0.6) is 5.75 Å². The molecule has 26 heavy (non-hydrogen) atoms. The van der Waals surface area contributed by atoms with E-state index >= 15 is 0 Å². The maximum Gasteiger partial charge on any atom is 0.262 e. The Labute approximate surface area is 150 Å². The van der Waals surface area contributed by atoms with Gasteiger partial charge < -0.3 is 4.74 Å². The zero-order valence-electron chi connectivity index (χ0n) is 14.5. The summed E-state index contributed by atoms with van der Waals surface area (Å²) in [4.78, 5) is 49.7. The number of hydrogen-bond donors (Lipinski definition) is 1. The van der Waals surface area contributed by atoms with E-state index in [1.54, 1.807) is 18.2 Å². The van der Waals surface area contributed by atoms with Crippen LogP contribution in [0.1, 0.15) is 59.7 Å². The fourth-order valence-electron chi connectivity index (χ4n) is 3.98. The first-order valence-electron chi connectivity index (χ1n) is 8.96. The zero-order chi connectivity index (χ0) is 18.4. The van der Waals surface area contributed by atoms with Gasteiger partial charge in [0.25, 0.3) is 11.8 Å². The van der Waals surface area contributed by atoms with Gasteiger partial charge in [0.1, 0.15) is 11.8 Å². The van der Waals surface area contributed by atoms with Gasteiger partial charge in [0, 0.05) is 6.42 Å². The van der Waals surface area contributed by atoms with Crippen LogP contribution in [0, 0.1) is 5.92 Å². The van der Waals surface area contributed by atoms with Crippen molar-refractivity contribution in [1.29, 1.82) is 0 Å². The van der Waals surface area contributed by atoms with Gasteiger partial charge in [-0.05, 0) is 49.8 Å². The van der Waals surface area contributed by atoms with E-state index in [0.29, 0.717) is 11.7 Å². The van der Waals surface area contributed by atoms with Gasteiger partial charge in [-0.2, -0.15) is 0 Å². The second kappa shape index (κ2) is 6.23. The third-order valence-corrected chi connectivity index (χ3v) is 5.36. The Hall–Kier alpha value is -2.70. The molecule has 1 N–H and O–H groups in total. The highest BCUT2D eigenvalue weighted by atomic mass is 16.5. The third-order valence-electron chi connectivity index (χ3n) is 5.36. The lowest BCUT2D eigenvalue weighted by Gasteiger charge is -2.27. The molecule has 1 unspecified atom stereocenters. The first-order chi connectivity index (χ1) is 12.4. The molecule has 4 amide bonds. The summed E-state index contributed by atoms with van der Waals surface area (Å²) in [6.07, 6.45) is 3.47. The van der Waals surface area contributed by atoms with Gasteiger partial charge in [0.15, 0.2) is 0 Å². The summed E-state index contributed by atoms with van der Waals surface area (Å²) in [5, 5.41) is 2.19. The van der Waals surface area contributed by atoms with Gasteiger partial charge in [-0.3, -0.25) is 29.4 Å². The molecule has 1 saturated heterocycles. The number of carbonyl (C=O) groups is 4. The third kappa shape index (κ3) is 2.77. The molecule has 2 heterocycles. The van der Waals surface area contributed by atoms with Crippen LogP contribution in [0.2, 0.25) is 0 Å². The lowest BCUT2D eigenvalue weighted by molar-refractivity contribution is -0.136. The van der Waals surface area contributed by atoms with Crippen molar-refractivity contribution < 1.29 is 23.9 Å². The molecular formula is C19H20N2O5. The van der Waals surface area contributed by atoms with Gasteiger partial charge in [0.05, 0.1) is 17.2 Å². The first-order valence-corrected chi connectivity index (χ1v) is 8.96. The molecule has 0 radical (unpaired) electrons. The van der Waals surface area contributed by atoms with Crippen LogP contribution in [-0.4, -0.2) is 40.7 Å². The summed E-state index contributed by atoms with van der Waals surface area (Å²) < 4.78 is 5.96. The highest BCUT2D eigenvalue weighted by Crippen LogP contribution is 2.33. The van der Waals surface area contributed by atoms with E-state index in [4.69, 9.17) is 4.74 Å². The summed E-state index contributed by atoms with van der Waals surface area (Å²) in [5.41, 5.74) is 0.523. The predicted octanol–water partition coefficient (Wildman–Crippen LogP) is 1.66. The molecule has 1 saturated carbocycles. The van der Waals surface area contributed by atoms with E-state index in [1.807, 2.05) is 0 Å². The average Bonchev–Trinajstić information content (AvgIpc) is 3.10. The predicted molar refractivity (Wildman–Crippen MR) is 90.5 cm³/mol. The number of carbonyl (C=O) groups excluding carboxylic acids is 4. The Bertz CT molecular complexity index is 818. The van der Waals surface area contributed by atoms with E-state index in [1.165, 1.54) is 0 Å². The van der Waals surface area contributed by atoms with Gasteiger partial charge in [0.2, 0.25) is 11.8 Å². The highest BCUT2D eigenvalue weighted by Gasteiger charge is 2.44. The second-order valence-electron chi connectivity index (χ2n) is 7.31. The smallest absolute Gasteiger partial charge is 0.262 e. The number of hydrogen-bond acceptors (Lipinski definition) is 5. The van der Waals surface area contributed by atoms with Crippen LogP contribution in [0.25, 0.3) is 0 Å². The minimum Gasteiger partial charge on any atom is -0.490 e. The van der Waals surface area contributed by atoms with Gasteiger partial charge in [-0.25, -0.2) is 0 Å². The van der Waals surface area contributed by atoms with E-state index in [2.05, 4.69) is 12.2 Å². The van der Waals surface area contributed by atoms with Crippen LogP contribution in [0.3, 0.4) is 0 Å². The number of imide groups is 2. The molecule has 1 aromatic carbocycles. The summed E-state index contributed by atoms with van der Waals surface area (Å²) >= 11 is 0. The van der Waals surface area contributed by atoms with E-state index in [0.717, 1.165) is 24.2 Å². The summed E-state index contributed by atoms with van der Waals surface area (Å²) in [5.74, 6) is -0.809. The van der Waals surface area contributed by atoms with Crippen molar-refractivity contribution >= 4 is 23.6 Å². The number of fused-ring (bicyclic) bond motifs is 1. The van der Waals surface area contributed by atoms with Crippen LogP contribution < -0.4 is 10.1 Å². The van der Waals surface area contributed by atoms with Crippen molar-refractivity contribution in [2.75, 3.05) is 0 Å². The summed E-state index contributed by atoms with van der Waals surface area (Å²) in [6, 6.07) is 3.92. The van der Waals surface area contributed by atoms with Crippen LogP contribution in [-0.2, 0) is 9.59 Å². The Kier molecular flexibility index (Phi) is 4.01. The number of benzene rings is 1. The maximum absolute atomic E-state index is 12.8. The monoisotopic (exact) mass is 356 g/mol. The molecule has 7 heteroatoms. The van der Waals surface area contributed by atoms with Crippen molar-refractivity contribution in [2.45, 2.75) is 51.2 Å². The number of nitrogens with one attached hydrogen (secondary N) is 1.